The van der Waals surface area contributed by atoms with Gasteiger partial charge in [0, 0.05) is 24.9 Å². The number of furan rings is 1. The van der Waals surface area contributed by atoms with Gasteiger partial charge in [-0.1, -0.05) is 24.0 Å². The molecular weight excluding hydrogens is 354 g/mol. The average molecular weight is 381 g/mol. The smallest absolute Gasteiger partial charge is 0.258 e. The monoisotopic (exact) mass is 381 g/mol. The molecule has 0 saturated heterocycles. The third-order valence-corrected chi connectivity index (χ3v) is 7.27. The maximum absolute atomic E-state index is 13.4. The van der Waals surface area contributed by atoms with Gasteiger partial charge in [-0.05, 0) is 51.9 Å². The second-order valence-corrected chi connectivity index (χ2v) is 8.85. The summed E-state index contributed by atoms with van der Waals surface area (Å²) < 4.78 is 5.76. The Bertz CT molecular complexity index is 906. The Kier molecular flexibility index (Phi) is 4.29. The van der Waals surface area contributed by atoms with Crippen LogP contribution in [-0.2, 0) is 0 Å². The van der Waals surface area contributed by atoms with Crippen molar-refractivity contribution in [2.75, 3.05) is 13.1 Å². The van der Waals surface area contributed by atoms with Gasteiger partial charge in [-0.2, -0.15) is 0 Å². The van der Waals surface area contributed by atoms with Crippen molar-refractivity contribution in [3.8, 4) is 0 Å². The average Bonchev–Trinajstić information content (AvgIpc) is 3.08. The van der Waals surface area contributed by atoms with Crippen LogP contribution in [0, 0.1) is 18.8 Å². The maximum Gasteiger partial charge on any atom is 0.258 e. The summed E-state index contributed by atoms with van der Waals surface area (Å²) in [6, 6.07) is 0. The lowest BCUT2D eigenvalue weighted by Gasteiger charge is -2.34. The molecule has 148 valence electrons. The van der Waals surface area contributed by atoms with Gasteiger partial charge in [0.25, 0.3) is 5.91 Å². The van der Waals surface area contributed by atoms with E-state index in [9.17, 15) is 14.4 Å². The van der Waals surface area contributed by atoms with Crippen molar-refractivity contribution in [1.82, 2.24) is 4.90 Å². The van der Waals surface area contributed by atoms with E-state index in [0.29, 0.717) is 24.4 Å². The summed E-state index contributed by atoms with van der Waals surface area (Å²) in [7, 11) is 0. The second-order valence-electron chi connectivity index (χ2n) is 8.85. The van der Waals surface area contributed by atoms with E-state index in [-0.39, 0.29) is 40.6 Å². The SMILES string of the molecule is Cc1oc2c(c1C(=O)N1CCC3=C(CCCC3)C1)C(=O)C1CCCCC1C2=O. The van der Waals surface area contributed by atoms with Gasteiger partial charge in [-0.3, -0.25) is 14.4 Å². The molecule has 2 unspecified atom stereocenters. The summed E-state index contributed by atoms with van der Waals surface area (Å²) in [5.74, 6) is -0.234. The van der Waals surface area contributed by atoms with Crippen molar-refractivity contribution in [3.05, 3.63) is 33.8 Å². The largest absolute Gasteiger partial charge is 0.457 e. The van der Waals surface area contributed by atoms with E-state index in [4.69, 9.17) is 4.42 Å². The molecule has 0 spiro atoms. The van der Waals surface area contributed by atoms with Gasteiger partial charge in [0.1, 0.15) is 5.76 Å². The molecule has 1 fully saturated rings. The van der Waals surface area contributed by atoms with Crippen molar-refractivity contribution in [3.63, 3.8) is 0 Å². The molecular formula is C23H27NO4. The Morgan fingerprint density at radius 2 is 1.61 bits per heavy atom. The molecule has 1 aromatic rings. The molecule has 2 heterocycles. The summed E-state index contributed by atoms with van der Waals surface area (Å²) in [5, 5.41) is 0. The van der Waals surface area contributed by atoms with Crippen LogP contribution in [0.2, 0.25) is 0 Å². The van der Waals surface area contributed by atoms with Crippen molar-refractivity contribution in [1.29, 1.82) is 0 Å². The van der Waals surface area contributed by atoms with Crippen LogP contribution in [0.5, 0.6) is 0 Å². The fourth-order valence-corrected chi connectivity index (χ4v) is 5.76. The number of amides is 1. The maximum atomic E-state index is 13.4. The van der Waals surface area contributed by atoms with Crippen LogP contribution in [0.4, 0.5) is 0 Å². The first kappa shape index (κ1) is 17.9. The number of carbonyl (C=O) groups excluding carboxylic acids is 3. The minimum Gasteiger partial charge on any atom is -0.457 e. The number of hydrogen-bond donors (Lipinski definition) is 0. The first-order valence-electron chi connectivity index (χ1n) is 10.8. The van der Waals surface area contributed by atoms with E-state index in [0.717, 1.165) is 44.9 Å². The van der Waals surface area contributed by atoms with Crippen molar-refractivity contribution < 1.29 is 18.8 Å². The van der Waals surface area contributed by atoms with Crippen LogP contribution in [-0.4, -0.2) is 35.5 Å². The number of ketones is 2. The Balaban J connectivity index is 1.50. The minimum atomic E-state index is -0.272. The van der Waals surface area contributed by atoms with Crippen molar-refractivity contribution >= 4 is 17.5 Å². The lowest BCUT2D eigenvalue weighted by atomic mass is 9.68. The van der Waals surface area contributed by atoms with Gasteiger partial charge in [0.2, 0.25) is 5.78 Å². The van der Waals surface area contributed by atoms with E-state index in [2.05, 4.69) is 0 Å². The highest BCUT2D eigenvalue weighted by Gasteiger charge is 2.47. The number of aryl methyl sites for hydroxylation is 1. The fourth-order valence-electron chi connectivity index (χ4n) is 5.76. The van der Waals surface area contributed by atoms with Crippen molar-refractivity contribution in [2.24, 2.45) is 11.8 Å². The highest BCUT2D eigenvalue weighted by molar-refractivity contribution is 6.20. The molecule has 1 aliphatic heterocycles. The van der Waals surface area contributed by atoms with E-state index >= 15 is 0 Å². The first-order valence-corrected chi connectivity index (χ1v) is 10.8. The Hall–Kier alpha value is -2.17. The molecule has 0 N–H and O–H groups in total. The zero-order valence-corrected chi connectivity index (χ0v) is 16.5. The number of fused-ring (bicyclic) bond motifs is 2. The molecule has 1 saturated carbocycles. The number of nitrogens with zero attached hydrogens (tertiary/aromatic N) is 1. The predicted molar refractivity (Wildman–Crippen MR) is 104 cm³/mol. The Labute approximate surface area is 165 Å². The minimum absolute atomic E-state index is 0.0471. The lowest BCUT2D eigenvalue weighted by molar-refractivity contribution is 0.0650. The fraction of sp³-hybridized carbons (Fsp3) is 0.609. The summed E-state index contributed by atoms with van der Waals surface area (Å²) in [4.78, 5) is 41.5. The summed E-state index contributed by atoms with van der Waals surface area (Å²) in [6.45, 7) is 3.05. The van der Waals surface area contributed by atoms with E-state index in [1.807, 2.05) is 4.90 Å². The zero-order valence-electron chi connectivity index (χ0n) is 16.5. The van der Waals surface area contributed by atoms with Gasteiger partial charge in [-0.15, -0.1) is 0 Å². The Morgan fingerprint density at radius 1 is 0.929 bits per heavy atom. The van der Waals surface area contributed by atoms with Crippen molar-refractivity contribution in [2.45, 2.75) is 64.7 Å². The zero-order chi connectivity index (χ0) is 19.4. The molecule has 1 amide bonds. The molecule has 0 aromatic carbocycles. The van der Waals surface area contributed by atoms with Crippen LogP contribution >= 0.6 is 0 Å². The predicted octanol–water partition coefficient (Wildman–Crippen LogP) is 4.49. The quantitative estimate of drug-likeness (QED) is 0.672. The molecule has 5 heteroatoms. The molecule has 1 aromatic heterocycles. The van der Waals surface area contributed by atoms with E-state index in [1.54, 1.807) is 6.92 Å². The van der Waals surface area contributed by atoms with Crippen LogP contribution in [0.15, 0.2) is 15.6 Å². The molecule has 5 rings (SSSR count). The van der Waals surface area contributed by atoms with Gasteiger partial charge in [0.15, 0.2) is 11.5 Å². The summed E-state index contributed by atoms with van der Waals surface area (Å²) in [6.07, 6.45) is 9.05. The third kappa shape index (κ3) is 2.62. The Morgan fingerprint density at radius 3 is 2.36 bits per heavy atom. The molecule has 3 aliphatic carbocycles. The van der Waals surface area contributed by atoms with Gasteiger partial charge in [-0.25, -0.2) is 0 Å². The third-order valence-electron chi connectivity index (χ3n) is 7.27. The van der Waals surface area contributed by atoms with Crippen LogP contribution in [0.25, 0.3) is 0 Å². The highest BCUT2D eigenvalue weighted by Crippen LogP contribution is 2.43. The van der Waals surface area contributed by atoms with Crippen LogP contribution in [0.1, 0.15) is 94.8 Å². The molecule has 0 radical (unpaired) electrons. The van der Waals surface area contributed by atoms with Gasteiger partial charge < -0.3 is 9.32 Å². The lowest BCUT2D eigenvalue weighted by Crippen LogP contribution is -2.41. The molecule has 5 nitrogen and oxygen atoms in total. The molecule has 2 atom stereocenters. The molecule has 4 aliphatic rings. The first-order chi connectivity index (χ1) is 13.6. The molecule has 0 bridgehead atoms. The number of carbonyl (C=O) groups is 3. The number of rotatable bonds is 1. The normalized spacial score (nSPS) is 27.4. The van der Waals surface area contributed by atoms with E-state index in [1.165, 1.54) is 24.0 Å². The summed E-state index contributed by atoms with van der Waals surface area (Å²) in [5.41, 5.74) is 3.55. The van der Waals surface area contributed by atoms with Crippen LogP contribution in [0.3, 0.4) is 0 Å². The van der Waals surface area contributed by atoms with Gasteiger partial charge >= 0.3 is 0 Å². The van der Waals surface area contributed by atoms with Crippen LogP contribution < -0.4 is 0 Å². The number of hydrogen-bond acceptors (Lipinski definition) is 4. The number of Topliss-reactive ketones (excluding diaryl/α,β-unsaturated/α-hetero) is 2. The second kappa shape index (κ2) is 6.71. The standard InChI is InChI=1S/C23H27NO4/c1-13-18(23(27)24-11-10-14-6-2-3-7-15(14)12-24)19-20(25)16-8-4-5-9-17(16)21(26)22(19)28-13/h16-17H,2-12H2,1H3. The van der Waals surface area contributed by atoms with Gasteiger partial charge in [0.05, 0.1) is 11.1 Å². The highest BCUT2D eigenvalue weighted by atomic mass is 16.4. The summed E-state index contributed by atoms with van der Waals surface area (Å²) >= 11 is 0. The van der Waals surface area contributed by atoms with E-state index < -0.39 is 0 Å². The topological polar surface area (TPSA) is 67.6 Å². The molecule has 28 heavy (non-hydrogen) atoms.